The second-order valence-electron chi connectivity index (χ2n) is 7.69. The van der Waals surface area contributed by atoms with Crippen LogP contribution in [0.3, 0.4) is 0 Å². The fraction of sp³-hybridized carbons (Fsp3) is 0.111. The molecule has 0 fully saturated rings. The summed E-state index contributed by atoms with van der Waals surface area (Å²) in [5.74, 6) is 0.0327. The van der Waals surface area contributed by atoms with E-state index < -0.39 is 5.91 Å². The maximum absolute atomic E-state index is 12.9. The number of hydrogen-bond acceptors (Lipinski definition) is 5. The third kappa shape index (κ3) is 4.71. The minimum absolute atomic E-state index is 0.117. The molecule has 34 heavy (non-hydrogen) atoms. The highest BCUT2D eigenvalue weighted by molar-refractivity contribution is 6.20. The maximum atomic E-state index is 12.9. The van der Waals surface area contributed by atoms with Gasteiger partial charge in [-0.15, -0.1) is 0 Å². The zero-order valence-electron chi connectivity index (χ0n) is 18.8. The molecule has 0 aliphatic carbocycles. The Morgan fingerprint density at radius 3 is 2.29 bits per heavy atom. The van der Waals surface area contributed by atoms with E-state index in [1.54, 1.807) is 55.6 Å². The van der Waals surface area contributed by atoms with Gasteiger partial charge in [-0.05, 0) is 36.8 Å². The van der Waals surface area contributed by atoms with E-state index in [2.05, 4.69) is 15.6 Å². The van der Waals surface area contributed by atoms with Crippen molar-refractivity contribution < 1.29 is 14.3 Å². The van der Waals surface area contributed by atoms with E-state index in [4.69, 9.17) is 4.74 Å². The standard InChI is InChI=1S/C27H22N4O3/c1-17-7-9-18(10-8-17)16-29-27(33)23(15-28)24-21-5-3-4-6-22(21)25(30-24)31-26(32)19-11-13-20(34-2)14-12-19/h3-14H,16H2,1-2H3,(H,29,33)(H,30,31,32)/b24-23-. The monoisotopic (exact) mass is 450 g/mol. The van der Waals surface area contributed by atoms with Crippen molar-refractivity contribution in [2.45, 2.75) is 13.5 Å². The molecule has 0 aromatic heterocycles. The van der Waals surface area contributed by atoms with Gasteiger partial charge in [0.2, 0.25) is 0 Å². The Labute approximate surface area is 197 Å². The van der Waals surface area contributed by atoms with E-state index in [0.717, 1.165) is 11.1 Å². The van der Waals surface area contributed by atoms with Crippen LogP contribution in [-0.4, -0.2) is 24.8 Å². The molecule has 3 aromatic rings. The number of ether oxygens (including phenoxy) is 1. The third-order valence-corrected chi connectivity index (χ3v) is 5.39. The first kappa shape index (κ1) is 22.5. The average molecular weight is 450 g/mol. The van der Waals surface area contributed by atoms with Crippen LogP contribution in [0.5, 0.6) is 5.75 Å². The van der Waals surface area contributed by atoms with Crippen molar-refractivity contribution in [1.29, 1.82) is 5.26 Å². The largest absolute Gasteiger partial charge is 0.497 e. The number of carbonyl (C=O) groups excluding carboxylic acids is 2. The van der Waals surface area contributed by atoms with E-state index in [0.29, 0.717) is 22.4 Å². The summed E-state index contributed by atoms with van der Waals surface area (Å²) >= 11 is 0. The molecule has 2 N–H and O–H groups in total. The van der Waals surface area contributed by atoms with E-state index >= 15 is 0 Å². The summed E-state index contributed by atoms with van der Waals surface area (Å²) in [6, 6.07) is 23.6. The highest BCUT2D eigenvalue weighted by atomic mass is 16.5. The van der Waals surface area contributed by atoms with Gasteiger partial charge in [0.05, 0.1) is 12.8 Å². The fourth-order valence-electron chi connectivity index (χ4n) is 3.52. The van der Waals surface area contributed by atoms with Crippen LogP contribution < -0.4 is 15.4 Å². The van der Waals surface area contributed by atoms with Gasteiger partial charge >= 0.3 is 0 Å². The van der Waals surface area contributed by atoms with Crippen LogP contribution >= 0.6 is 0 Å². The van der Waals surface area contributed by atoms with Crippen molar-refractivity contribution >= 4 is 23.3 Å². The zero-order chi connectivity index (χ0) is 24.1. The average Bonchev–Trinajstić information content (AvgIpc) is 3.22. The van der Waals surface area contributed by atoms with Crippen molar-refractivity contribution in [3.8, 4) is 11.8 Å². The van der Waals surface area contributed by atoms with Gasteiger partial charge in [0.15, 0.2) is 0 Å². The molecule has 168 valence electrons. The van der Waals surface area contributed by atoms with Gasteiger partial charge < -0.3 is 15.4 Å². The molecule has 7 heteroatoms. The SMILES string of the molecule is COc1ccc(C(=O)NC2=N/C(=C(/C#N)C(=O)NCc3ccc(C)cc3)c3ccccc32)cc1. The van der Waals surface area contributed by atoms with Crippen LogP contribution in [-0.2, 0) is 11.3 Å². The molecule has 0 saturated heterocycles. The number of amidine groups is 1. The second-order valence-corrected chi connectivity index (χ2v) is 7.69. The molecule has 3 aromatic carbocycles. The number of nitrogens with one attached hydrogen (secondary N) is 2. The lowest BCUT2D eigenvalue weighted by Crippen LogP contribution is -2.30. The van der Waals surface area contributed by atoms with Gasteiger partial charge in [-0.25, -0.2) is 4.99 Å². The molecule has 2 amide bonds. The van der Waals surface area contributed by atoms with Crippen molar-refractivity contribution in [1.82, 2.24) is 10.6 Å². The molecule has 0 radical (unpaired) electrons. The summed E-state index contributed by atoms with van der Waals surface area (Å²) in [5, 5.41) is 15.4. The number of hydrogen-bond donors (Lipinski definition) is 2. The summed E-state index contributed by atoms with van der Waals surface area (Å²) in [7, 11) is 1.55. The molecule has 0 saturated carbocycles. The number of rotatable bonds is 5. The lowest BCUT2D eigenvalue weighted by atomic mass is 10.0. The lowest BCUT2D eigenvalue weighted by Gasteiger charge is -2.07. The Morgan fingerprint density at radius 2 is 1.65 bits per heavy atom. The lowest BCUT2D eigenvalue weighted by molar-refractivity contribution is -0.117. The number of nitriles is 1. The van der Waals surface area contributed by atoms with Crippen LogP contribution in [0.4, 0.5) is 0 Å². The molecule has 4 rings (SSSR count). The van der Waals surface area contributed by atoms with Crippen molar-refractivity contribution in [2.75, 3.05) is 7.11 Å². The minimum atomic E-state index is -0.528. The maximum Gasteiger partial charge on any atom is 0.264 e. The van der Waals surface area contributed by atoms with E-state index in [-0.39, 0.29) is 29.6 Å². The predicted molar refractivity (Wildman–Crippen MR) is 129 cm³/mol. The third-order valence-electron chi connectivity index (χ3n) is 5.39. The second kappa shape index (κ2) is 9.84. The van der Waals surface area contributed by atoms with Crippen molar-refractivity contribution in [2.24, 2.45) is 4.99 Å². The number of methoxy groups -OCH3 is 1. The van der Waals surface area contributed by atoms with Gasteiger partial charge in [0.25, 0.3) is 11.8 Å². The van der Waals surface area contributed by atoms with E-state index in [9.17, 15) is 14.9 Å². The smallest absolute Gasteiger partial charge is 0.264 e. The summed E-state index contributed by atoms with van der Waals surface area (Å²) < 4.78 is 5.13. The number of carbonyl (C=O) groups is 2. The highest BCUT2D eigenvalue weighted by Gasteiger charge is 2.27. The first-order chi connectivity index (χ1) is 16.5. The quantitative estimate of drug-likeness (QED) is 0.456. The summed E-state index contributed by atoms with van der Waals surface area (Å²) in [4.78, 5) is 30.1. The van der Waals surface area contributed by atoms with E-state index in [1.807, 2.05) is 37.3 Å². The van der Waals surface area contributed by atoms with Gasteiger partial charge in [-0.2, -0.15) is 5.26 Å². The van der Waals surface area contributed by atoms with Gasteiger partial charge in [0, 0.05) is 23.2 Å². The first-order valence-electron chi connectivity index (χ1n) is 10.6. The molecule has 0 bridgehead atoms. The predicted octanol–water partition coefficient (Wildman–Crippen LogP) is 3.74. The molecular formula is C27H22N4O3. The van der Waals surface area contributed by atoms with Crippen LogP contribution in [0.2, 0.25) is 0 Å². The fourth-order valence-corrected chi connectivity index (χ4v) is 3.52. The molecule has 0 atom stereocenters. The van der Waals surface area contributed by atoms with Crippen LogP contribution in [0, 0.1) is 18.3 Å². The van der Waals surface area contributed by atoms with Crippen LogP contribution in [0.15, 0.2) is 83.4 Å². The van der Waals surface area contributed by atoms with Crippen LogP contribution in [0.1, 0.15) is 32.6 Å². The Morgan fingerprint density at radius 1 is 0.971 bits per heavy atom. The zero-order valence-corrected chi connectivity index (χ0v) is 18.8. The number of aliphatic imine (C=N–C) groups is 1. The number of amides is 2. The summed E-state index contributed by atoms with van der Waals surface area (Å²) in [6.45, 7) is 2.27. The molecule has 1 aliphatic heterocycles. The van der Waals surface area contributed by atoms with Crippen molar-refractivity contribution in [3.05, 3.63) is 106 Å². The number of nitrogens with zero attached hydrogens (tertiary/aromatic N) is 2. The molecular weight excluding hydrogens is 428 g/mol. The topological polar surface area (TPSA) is 104 Å². The minimum Gasteiger partial charge on any atom is -0.497 e. The van der Waals surface area contributed by atoms with E-state index in [1.165, 1.54) is 0 Å². The Kier molecular flexibility index (Phi) is 6.51. The number of aryl methyl sites for hydroxylation is 1. The molecule has 7 nitrogen and oxygen atoms in total. The molecule has 1 heterocycles. The summed E-state index contributed by atoms with van der Waals surface area (Å²) in [6.07, 6.45) is 0. The Hall–Kier alpha value is -4.70. The normalized spacial score (nSPS) is 13.3. The number of fused-ring (bicyclic) bond motifs is 1. The van der Waals surface area contributed by atoms with Gasteiger partial charge in [0.1, 0.15) is 23.2 Å². The Bertz CT molecular complexity index is 1350. The van der Waals surface area contributed by atoms with Crippen molar-refractivity contribution in [3.63, 3.8) is 0 Å². The highest BCUT2D eigenvalue weighted by Crippen LogP contribution is 2.30. The van der Waals surface area contributed by atoms with Gasteiger partial charge in [-0.3, -0.25) is 9.59 Å². The molecule has 0 unspecified atom stereocenters. The molecule has 1 aliphatic rings. The summed E-state index contributed by atoms with van der Waals surface area (Å²) in [5.41, 5.74) is 3.82. The van der Waals surface area contributed by atoms with Crippen LogP contribution in [0.25, 0.3) is 5.70 Å². The molecule has 0 spiro atoms. The van der Waals surface area contributed by atoms with Gasteiger partial charge in [-0.1, -0.05) is 54.1 Å². The Balaban J connectivity index is 1.60. The first-order valence-corrected chi connectivity index (χ1v) is 10.6. The number of benzene rings is 3.